The molecule has 1 saturated carbocycles. The van der Waals surface area contributed by atoms with Gasteiger partial charge in [-0.3, -0.25) is 5.10 Å². The standard InChI is InChI=1S/C21H19N6S.Ac/c1-12-3-2-4-16-19(12)24-21(28-15-9-7-14(22)8-10-15)25-20(16)23-18-11-17(26-27-18)13-5-6-13;/h2-4,7-11,13,22H,5-6H2,1H3,(H2,23,24,25,26,27);/q-1;. The molecule has 0 unspecified atom stereocenters. The second-order valence-corrected chi connectivity index (χ2v) is 8.10. The molecule has 2 aromatic heterocycles. The first-order valence-electron chi connectivity index (χ1n) is 9.25. The van der Waals surface area contributed by atoms with E-state index in [0.717, 1.165) is 33.0 Å². The molecule has 5 rings (SSSR count). The van der Waals surface area contributed by atoms with Gasteiger partial charge in [0.05, 0.1) is 5.52 Å². The molecule has 1 fully saturated rings. The van der Waals surface area contributed by atoms with Crippen molar-refractivity contribution in [2.45, 2.75) is 35.7 Å². The molecule has 1 aliphatic rings. The van der Waals surface area contributed by atoms with E-state index in [1.807, 2.05) is 24.3 Å². The summed E-state index contributed by atoms with van der Waals surface area (Å²) in [6, 6.07) is 15.6. The number of aromatic amines is 1. The minimum atomic E-state index is 0. The molecule has 143 valence electrons. The van der Waals surface area contributed by atoms with Gasteiger partial charge in [-0.05, 0) is 55.3 Å². The van der Waals surface area contributed by atoms with E-state index < -0.39 is 0 Å². The predicted molar refractivity (Wildman–Crippen MR) is 113 cm³/mol. The number of aromatic nitrogens is 4. The van der Waals surface area contributed by atoms with E-state index >= 15 is 0 Å². The van der Waals surface area contributed by atoms with Crippen molar-refractivity contribution >= 4 is 40.0 Å². The summed E-state index contributed by atoms with van der Waals surface area (Å²) in [4.78, 5) is 10.5. The maximum atomic E-state index is 7.64. The van der Waals surface area contributed by atoms with Crippen LogP contribution in [0.3, 0.4) is 0 Å². The summed E-state index contributed by atoms with van der Waals surface area (Å²) in [5.41, 5.74) is 11.3. The molecule has 6 nitrogen and oxygen atoms in total. The molecular formula is C21H19AcN6S-. The van der Waals surface area contributed by atoms with Crippen molar-refractivity contribution in [1.29, 1.82) is 0 Å². The maximum Gasteiger partial charge on any atom is 0.195 e. The smallest absolute Gasteiger partial charge is 0.195 e. The van der Waals surface area contributed by atoms with E-state index in [4.69, 9.17) is 15.7 Å². The van der Waals surface area contributed by atoms with Gasteiger partial charge in [-0.2, -0.15) is 5.10 Å². The number of nitrogens with one attached hydrogen (secondary N) is 3. The second-order valence-electron chi connectivity index (χ2n) is 7.06. The second kappa shape index (κ2) is 8.63. The summed E-state index contributed by atoms with van der Waals surface area (Å²) < 4.78 is 0. The fraction of sp³-hybridized carbons (Fsp3) is 0.190. The van der Waals surface area contributed by atoms with Crippen molar-refractivity contribution in [2.75, 3.05) is 5.32 Å². The molecule has 2 heterocycles. The first-order valence-corrected chi connectivity index (χ1v) is 10.1. The third-order valence-corrected chi connectivity index (χ3v) is 5.71. The van der Waals surface area contributed by atoms with Gasteiger partial charge < -0.3 is 11.1 Å². The summed E-state index contributed by atoms with van der Waals surface area (Å²) in [5.74, 6) is 2.15. The number of benzene rings is 2. The Morgan fingerprint density at radius 3 is 2.66 bits per heavy atom. The van der Waals surface area contributed by atoms with E-state index in [0.29, 0.717) is 16.8 Å². The molecule has 29 heavy (non-hydrogen) atoms. The van der Waals surface area contributed by atoms with Gasteiger partial charge in [0, 0.05) is 72.0 Å². The predicted octanol–water partition coefficient (Wildman–Crippen LogP) is 6.12. The van der Waals surface area contributed by atoms with Crippen LogP contribution in [0.15, 0.2) is 58.6 Å². The van der Waals surface area contributed by atoms with Crippen LogP contribution in [-0.2, 0) is 0 Å². The molecule has 0 atom stereocenters. The van der Waals surface area contributed by atoms with Crippen LogP contribution in [0.2, 0.25) is 0 Å². The molecule has 0 aliphatic heterocycles. The van der Waals surface area contributed by atoms with Crippen LogP contribution in [0, 0.1) is 51.0 Å². The van der Waals surface area contributed by atoms with Crippen LogP contribution < -0.4 is 5.32 Å². The first-order chi connectivity index (χ1) is 13.7. The van der Waals surface area contributed by atoms with Crippen molar-refractivity contribution in [3.63, 3.8) is 0 Å². The molecule has 8 heteroatoms. The number of hydrogen-bond acceptors (Lipinski definition) is 5. The molecule has 0 saturated heterocycles. The molecule has 0 bridgehead atoms. The summed E-state index contributed by atoms with van der Waals surface area (Å²) in [5, 5.41) is 12.5. The zero-order valence-corrected chi connectivity index (χ0v) is 21.5. The fourth-order valence-corrected chi connectivity index (χ4v) is 3.93. The number of fused-ring (bicyclic) bond motifs is 1. The minimum Gasteiger partial charge on any atom is -0.699 e. The number of anilines is 2. The van der Waals surface area contributed by atoms with E-state index in [1.165, 1.54) is 30.3 Å². The van der Waals surface area contributed by atoms with E-state index in [-0.39, 0.29) is 44.1 Å². The zero-order valence-electron chi connectivity index (χ0n) is 15.9. The first kappa shape index (κ1) is 20.6. The Kier molecular flexibility index (Phi) is 6.14. The van der Waals surface area contributed by atoms with Crippen LogP contribution in [-0.4, -0.2) is 20.2 Å². The third-order valence-electron chi connectivity index (χ3n) is 4.83. The van der Waals surface area contributed by atoms with Gasteiger partial charge >= 0.3 is 0 Å². The summed E-state index contributed by atoms with van der Waals surface area (Å²) >= 11 is 1.49. The Morgan fingerprint density at radius 2 is 1.90 bits per heavy atom. The van der Waals surface area contributed by atoms with Crippen LogP contribution in [0.1, 0.15) is 30.0 Å². The molecule has 1 aliphatic carbocycles. The number of nitrogens with zero attached hydrogens (tertiary/aromatic N) is 3. The van der Waals surface area contributed by atoms with Crippen molar-refractivity contribution in [3.05, 3.63) is 65.5 Å². The van der Waals surface area contributed by atoms with Gasteiger partial charge in [0.15, 0.2) is 11.0 Å². The topological polar surface area (TPSA) is 90.3 Å². The van der Waals surface area contributed by atoms with Gasteiger partial charge in [-0.15, -0.1) is 5.69 Å². The van der Waals surface area contributed by atoms with E-state index in [1.54, 1.807) is 12.1 Å². The Balaban J connectivity index is 0.00000205. The van der Waals surface area contributed by atoms with Gasteiger partial charge in [0.2, 0.25) is 0 Å². The minimum absolute atomic E-state index is 0. The Bertz CT molecular complexity index is 1150. The summed E-state index contributed by atoms with van der Waals surface area (Å²) in [7, 11) is 0. The van der Waals surface area contributed by atoms with Crippen molar-refractivity contribution in [3.8, 4) is 0 Å². The fourth-order valence-electron chi connectivity index (χ4n) is 3.17. The Morgan fingerprint density at radius 1 is 1.10 bits per heavy atom. The third kappa shape index (κ3) is 4.60. The molecule has 0 amide bonds. The van der Waals surface area contributed by atoms with Crippen molar-refractivity contribution in [2.24, 2.45) is 0 Å². The summed E-state index contributed by atoms with van der Waals surface area (Å²) in [6.07, 6.45) is 2.46. The van der Waals surface area contributed by atoms with Gasteiger partial charge in [-0.25, -0.2) is 9.97 Å². The maximum absolute atomic E-state index is 7.64. The largest absolute Gasteiger partial charge is 0.699 e. The molecule has 3 N–H and O–H groups in total. The average Bonchev–Trinajstić information content (AvgIpc) is 3.44. The van der Waals surface area contributed by atoms with Crippen LogP contribution in [0.5, 0.6) is 0 Å². The number of hydrogen-bond donors (Lipinski definition) is 2. The van der Waals surface area contributed by atoms with Gasteiger partial charge in [-0.1, -0.05) is 24.3 Å². The molecule has 1 radical (unpaired) electrons. The molecular weight excluding hydrogens is 595 g/mol. The Hall–Kier alpha value is -1.62. The SMILES string of the molecule is Cc1cccc2c(Nc3cc(C4CC4)[nH]n3)nc(Sc3ccc([NH-])cc3)nc12.[Ac]. The van der Waals surface area contributed by atoms with Gasteiger partial charge in [0.1, 0.15) is 5.82 Å². The number of aryl methyl sites for hydroxylation is 1. The number of rotatable bonds is 5. The molecule has 4 aromatic rings. The van der Waals surface area contributed by atoms with Crippen LogP contribution >= 0.6 is 11.8 Å². The number of H-pyrrole nitrogens is 1. The van der Waals surface area contributed by atoms with Gasteiger partial charge in [0.25, 0.3) is 0 Å². The van der Waals surface area contributed by atoms with Crippen molar-refractivity contribution in [1.82, 2.24) is 20.2 Å². The average molecular weight is 614 g/mol. The van der Waals surface area contributed by atoms with E-state index in [2.05, 4.69) is 34.6 Å². The van der Waals surface area contributed by atoms with Crippen LogP contribution in [0.25, 0.3) is 16.6 Å². The Labute approximate surface area is 209 Å². The van der Waals surface area contributed by atoms with Crippen molar-refractivity contribution < 1.29 is 44.1 Å². The quantitative estimate of drug-likeness (QED) is 0.265. The van der Waals surface area contributed by atoms with Crippen LogP contribution in [0.4, 0.5) is 17.3 Å². The number of para-hydroxylation sites is 1. The monoisotopic (exact) mass is 614 g/mol. The normalized spacial score (nSPS) is 13.3. The van der Waals surface area contributed by atoms with E-state index in [9.17, 15) is 0 Å². The summed E-state index contributed by atoms with van der Waals surface area (Å²) in [6.45, 7) is 2.06. The molecule has 2 aromatic carbocycles. The molecule has 0 spiro atoms. The zero-order chi connectivity index (χ0) is 19.1.